The van der Waals surface area contributed by atoms with Gasteiger partial charge in [-0.1, -0.05) is 0 Å². The minimum absolute atomic E-state index is 0.902. The lowest BCUT2D eigenvalue weighted by atomic mass is 10.6. The summed E-state index contributed by atoms with van der Waals surface area (Å²) in [6.45, 7) is 3.76. The Morgan fingerprint density at radius 1 is 1.50 bits per heavy atom. The molecule has 2 aliphatic rings. The number of hydrogen-bond donors (Lipinski definition) is 1. The van der Waals surface area contributed by atoms with Gasteiger partial charge in [0.2, 0.25) is 0 Å². The van der Waals surface area contributed by atoms with Crippen LogP contribution < -0.4 is 5.32 Å². The number of guanidine groups is 1. The topological polar surface area (TPSA) is 40.0 Å². The number of rotatable bonds is 0. The molecule has 0 radical (unpaired) electrons. The van der Waals surface area contributed by atoms with Crippen LogP contribution in [0.2, 0.25) is 0 Å². The Hall–Kier alpha value is -1.06. The molecule has 10 heavy (non-hydrogen) atoms. The summed E-state index contributed by atoms with van der Waals surface area (Å²) in [6.07, 6.45) is 1.84. The van der Waals surface area contributed by atoms with Gasteiger partial charge in [-0.15, -0.1) is 0 Å². The van der Waals surface area contributed by atoms with E-state index in [0.29, 0.717) is 0 Å². The predicted octanol–water partition coefficient (Wildman–Crippen LogP) is -0.710. The second-order valence-electron chi connectivity index (χ2n) is 2.35. The molecule has 0 unspecified atom stereocenters. The fraction of sp³-hybridized carbons (Fsp3) is 0.667. The van der Waals surface area contributed by atoms with Crippen LogP contribution in [0, 0.1) is 0 Å². The summed E-state index contributed by atoms with van der Waals surface area (Å²) in [7, 11) is 0. The molecular formula is C6H10N4. The van der Waals surface area contributed by atoms with Gasteiger partial charge in [0.25, 0.3) is 0 Å². The molecule has 0 bridgehead atoms. The molecule has 4 heteroatoms. The lowest BCUT2D eigenvalue weighted by Crippen LogP contribution is -2.36. The van der Waals surface area contributed by atoms with Crippen molar-refractivity contribution in [1.82, 2.24) is 10.2 Å². The van der Waals surface area contributed by atoms with Crippen molar-refractivity contribution in [3.05, 3.63) is 0 Å². The average molecular weight is 138 g/mol. The Morgan fingerprint density at radius 2 is 2.50 bits per heavy atom. The van der Waals surface area contributed by atoms with E-state index < -0.39 is 0 Å². The summed E-state index contributed by atoms with van der Waals surface area (Å²) in [5, 5.41) is 3.18. The molecule has 54 valence electrons. The molecule has 0 aromatic carbocycles. The molecule has 0 aliphatic carbocycles. The molecule has 0 saturated heterocycles. The molecule has 2 rings (SSSR count). The van der Waals surface area contributed by atoms with E-state index in [0.717, 1.165) is 32.1 Å². The maximum Gasteiger partial charge on any atom is 0.199 e. The summed E-state index contributed by atoms with van der Waals surface area (Å²) in [6, 6.07) is 0. The van der Waals surface area contributed by atoms with Gasteiger partial charge in [0.05, 0.1) is 19.4 Å². The van der Waals surface area contributed by atoms with E-state index in [1.165, 1.54) is 0 Å². The first-order chi connectivity index (χ1) is 4.97. The molecule has 2 aliphatic heterocycles. The Bertz CT molecular complexity index is 184. The first kappa shape index (κ1) is 5.70. The molecule has 4 nitrogen and oxygen atoms in total. The Labute approximate surface area is 59.7 Å². The largest absolute Gasteiger partial charge is 0.354 e. The first-order valence-corrected chi connectivity index (χ1v) is 3.52. The van der Waals surface area contributed by atoms with Crippen LogP contribution in [0.1, 0.15) is 0 Å². The van der Waals surface area contributed by atoms with Crippen LogP contribution in [-0.4, -0.2) is 43.4 Å². The molecule has 0 aromatic rings. The van der Waals surface area contributed by atoms with Gasteiger partial charge in [0.15, 0.2) is 5.96 Å². The summed E-state index contributed by atoms with van der Waals surface area (Å²) in [5.41, 5.74) is 0. The van der Waals surface area contributed by atoms with Gasteiger partial charge in [-0.25, -0.2) is 0 Å². The van der Waals surface area contributed by atoms with Crippen LogP contribution in [-0.2, 0) is 0 Å². The molecule has 0 spiro atoms. The summed E-state index contributed by atoms with van der Waals surface area (Å²) in [5.74, 6) is 0.987. The van der Waals surface area contributed by atoms with Crippen molar-refractivity contribution in [1.29, 1.82) is 0 Å². The van der Waals surface area contributed by atoms with Gasteiger partial charge in [-0.05, 0) is 0 Å². The maximum absolute atomic E-state index is 4.26. The predicted molar refractivity (Wildman–Crippen MR) is 40.4 cm³/mol. The van der Waals surface area contributed by atoms with Crippen molar-refractivity contribution >= 4 is 12.3 Å². The third-order valence-electron chi connectivity index (χ3n) is 1.62. The Balaban J connectivity index is 2.04. The molecule has 1 N–H and O–H groups in total. The molecular weight excluding hydrogens is 128 g/mol. The number of aliphatic imine (C=N–C) groups is 2. The third kappa shape index (κ3) is 0.853. The van der Waals surface area contributed by atoms with Gasteiger partial charge in [-0.3, -0.25) is 9.98 Å². The van der Waals surface area contributed by atoms with Gasteiger partial charge in [0.1, 0.15) is 0 Å². The van der Waals surface area contributed by atoms with E-state index >= 15 is 0 Å². The number of hydrogen-bond acceptors (Lipinski definition) is 4. The van der Waals surface area contributed by atoms with E-state index in [1.807, 2.05) is 11.2 Å². The quantitative estimate of drug-likeness (QED) is 0.480. The minimum Gasteiger partial charge on any atom is -0.354 e. The Kier molecular flexibility index (Phi) is 1.30. The van der Waals surface area contributed by atoms with E-state index in [9.17, 15) is 0 Å². The third-order valence-corrected chi connectivity index (χ3v) is 1.62. The van der Waals surface area contributed by atoms with Crippen molar-refractivity contribution in [2.75, 3.05) is 26.2 Å². The normalized spacial score (nSPS) is 23.2. The minimum atomic E-state index is 0.902. The highest BCUT2D eigenvalue weighted by Crippen LogP contribution is 1.96. The van der Waals surface area contributed by atoms with E-state index in [1.54, 1.807) is 0 Å². The monoisotopic (exact) mass is 138 g/mol. The van der Waals surface area contributed by atoms with Crippen LogP contribution in [0.5, 0.6) is 0 Å². The summed E-state index contributed by atoms with van der Waals surface area (Å²) in [4.78, 5) is 10.4. The van der Waals surface area contributed by atoms with Crippen molar-refractivity contribution in [2.45, 2.75) is 0 Å². The molecule has 0 aromatic heterocycles. The van der Waals surface area contributed by atoms with Gasteiger partial charge in [0, 0.05) is 13.1 Å². The zero-order chi connectivity index (χ0) is 6.81. The summed E-state index contributed by atoms with van der Waals surface area (Å²) >= 11 is 0. The molecule has 0 fully saturated rings. The van der Waals surface area contributed by atoms with Crippen LogP contribution >= 0.6 is 0 Å². The summed E-state index contributed by atoms with van der Waals surface area (Å²) < 4.78 is 0. The van der Waals surface area contributed by atoms with Crippen molar-refractivity contribution in [3.63, 3.8) is 0 Å². The van der Waals surface area contributed by atoms with Crippen LogP contribution in [0.3, 0.4) is 0 Å². The zero-order valence-corrected chi connectivity index (χ0v) is 5.75. The lowest BCUT2D eigenvalue weighted by Gasteiger charge is -2.12. The maximum atomic E-state index is 4.26. The highest BCUT2D eigenvalue weighted by Gasteiger charge is 2.14. The fourth-order valence-corrected chi connectivity index (χ4v) is 1.12. The van der Waals surface area contributed by atoms with Crippen molar-refractivity contribution < 1.29 is 0 Å². The molecule has 2 heterocycles. The lowest BCUT2D eigenvalue weighted by molar-refractivity contribution is 0.655. The average Bonchev–Trinajstić information content (AvgIpc) is 2.59. The highest BCUT2D eigenvalue weighted by atomic mass is 15.3. The van der Waals surface area contributed by atoms with Gasteiger partial charge in [-0.2, -0.15) is 0 Å². The second kappa shape index (κ2) is 2.28. The highest BCUT2D eigenvalue weighted by molar-refractivity contribution is 5.91. The fourth-order valence-electron chi connectivity index (χ4n) is 1.12. The number of nitrogens with zero attached hydrogens (tertiary/aromatic N) is 3. The standard InChI is InChI=1S/C6H10N4/c1-2-9-6(8-1)10-4-3-7-5-10/h5H,1-4H2,(H,8,9). The Morgan fingerprint density at radius 3 is 3.10 bits per heavy atom. The van der Waals surface area contributed by atoms with E-state index in [2.05, 4.69) is 15.3 Å². The van der Waals surface area contributed by atoms with E-state index in [-0.39, 0.29) is 0 Å². The number of nitrogens with one attached hydrogen (secondary N) is 1. The van der Waals surface area contributed by atoms with Crippen LogP contribution in [0.15, 0.2) is 9.98 Å². The van der Waals surface area contributed by atoms with Crippen molar-refractivity contribution in [3.8, 4) is 0 Å². The molecule has 0 saturated carbocycles. The second-order valence-corrected chi connectivity index (χ2v) is 2.35. The van der Waals surface area contributed by atoms with E-state index in [4.69, 9.17) is 0 Å². The van der Waals surface area contributed by atoms with Gasteiger partial charge < -0.3 is 10.2 Å². The first-order valence-electron chi connectivity index (χ1n) is 3.52. The van der Waals surface area contributed by atoms with Crippen molar-refractivity contribution in [2.24, 2.45) is 9.98 Å². The van der Waals surface area contributed by atoms with Crippen LogP contribution in [0.4, 0.5) is 0 Å². The van der Waals surface area contributed by atoms with Crippen LogP contribution in [0.25, 0.3) is 0 Å². The SMILES string of the molecule is C1=NCCN1C1=NCCN1. The zero-order valence-electron chi connectivity index (χ0n) is 5.75. The molecule has 0 amide bonds. The molecule has 0 atom stereocenters. The smallest absolute Gasteiger partial charge is 0.199 e. The van der Waals surface area contributed by atoms with Gasteiger partial charge >= 0.3 is 0 Å².